The minimum Gasteiger partial charge on any atom is -0.461 e. The van der Waals surface area contributed by atoms with E-state index in [1.807, 2.05) is 13.8 Å². The maximum absolute atomic E-state index is 12.3. The molecule has 3 rings (SSSR count). The van der Waals surface area contributed by atoms with E-state index in [-0.39, 0.29) is 5.97 Å². The molecule has 0 saturated heterocycles. The Morgan fingerprint density at radius 2 is 2.00 bits per heavy atom. The van der Waals surface area contributed by atoms with Gasteiger partial charge in [-0.15, -0.1) is 0 Å². The second-order valence-electron chi connectivity index (χ2n) is 7.56. The van der Waals surface area contributed by atoms with Crippen molar-refractivity contribution in [3.05, 3.63) is 34.3 Å². The molecule has 1 aliphatic rings. The van der Waals surface area contributed by atoms with Crippen LogP contribution in [0, 0.1) is 12.8 Å². The van der Waals surface area contributed by atoms with Crippen LogP contribution in [0.3, 0.4) is 0 Å². The van der Waals surface area contributed by atoms with Crippen LogP contribution in [0.15, 0.2) is 11.6 Å². The molecule has 1 N–H and O–H groups in total. The van der Waals surface area contributed by atoms with Crippen molar-refractivity contribution in [1.82, 2.24) is 4.98 Å². The molecule has 0 radical (unpaired) electrons. The third kappa shape index (κ3) is 2.68. The van der Waals surface area contributed by atoms with Crippen LogP contribution in [0.25, 0.3) is 16.5 Å². The Balaban J connectivity index is 2.33. The van der Waals surface area contributed by atoms with Crippen LogP contribution >= 0.6 is 0 Å². The number of ether oxygens (including phenoxy) is 1. The summed E-state index contributed by atoms with van der Waals surface area (Å²) in [6, 6.07) is 2.55. The predicted molar refractivity (Wildman–Crippen MR) is 101 cm³/mol. The Morgan fingerprint density at radius 3 is 2.60 bits per heavy atom. The lowest BCUT2D eigenvalue weighted by molar-refractivity contribution is -0.714. The van der Waals surface area contributed by atoms with E-state index in [9.17, 15) is 4.79 Å². The summed E-state index contributed by atoms with van der Waals surface area (Å²) in [6.07, 6.45) is 0.982. The molecule has 4 heteroatoms. The van der Waals surface area contributed by atoms with Crippen molar-refractivity contribution in [2.24, 2.45) is 5.92 Å². The first-order chi connectivity index (χ1) is 11.8. The van der Waals surface area contributed by atoms with Gasteiger partial charge in [-0.05, 0) is 39.2 Å². The number of hydrogen-bond donors (Lipinski definition) is 1. The number of allylic oxidation sites excluding steroid dienone is 2. The van der Waals surface area contributed by atoms with Gasteiger partial charge in [0.2, 0.25) is 5.69 Å². The lowest BCUT2D eigenvalue weighted by atomic mass is 10.0. The molecule has 0 bridgehead atoms. The van der Waals surface area contributed by atoms with Crippen LogP contribution in [-0.4, -0.2) is 17.6 Å². The number of aromatic nitrogens is 2. The minimum absolute atomic E-state index is 0.270. The van der Waals surface area contributed by atoms with E-state index >= 15 is 0 Å². The van der Waals surface area contributed by atoms with Gasteiger partial charge < -0.3 is 9.72 Å². The molecule has 1 unspecified atom stereocenters. The van der Waals surface area contributed by atoms with Gasteiger partial charge in [0.15, 0.2) is 11.7 Å². The number of nitrogens with zero attached hydrogens (tertiary/aromatic N) is 1. The van der Waals surface area contributed by atoms with Crippen LogP contribution in [0.4, 0.5) is 0 Å². The van der Waals surface area contributed by atoms with Crippen LogP contribution in [0.5, 0.6) is 0 Å². The molecule has 4 nitrogen and oxygen atoms in total. The Hall–Kier alpha value is -2.10. The van der Waals surface area contributed by atoms with Gasteiger partial charge in [-0.2, -0.15) is 4.57 Å². The van der Waals surface area contributed by atoms with E-state index < -0.39 is 0 Å². The van der Waals surface area contributed by atoms with Crippen LogP contribution in [-0.2, 0) is 11.2 Å². The standard InChI is InChI=1S/C21H28N2O2/c1-8-25-21(24)20-14(6)19-16(22-20)10-17-13(5)12(4)15(7)23(17)18(19)9-11(2)3/h10-11,15H,8-9H2,1-7H3/p+1. The summed E-state index contributed by atoms with van der Waals surface area (Å²) in [6.45, 7) is 15.4. The van der Waals surface area contributed by atoms with Crippen LogP contribution < -0.4 is 4.57 Å². The summed E-state index contributed by atoms with van der Waals surface area (Å²) in [4.78, 5) is 15.7. The van der Waals surface area contributed by atoms with Gasteiger partial charge in [-0.3, -0.25) is 0 Å². The highest BCUT2D eigenvalue weighted by atomic mass is 16.5. The maximum Gasteiger partial charge on any atom is 0.355 e. The van der Waals surface area contributed by atoms with E-state index in [1.165, 1.54) is 27.9 Å². The molecule has 0 saturated carbocycles. The highest BCUT2D eigenvalue weighted by molar-refractivity contribution is 5.99. The number of aryl methyl sites for hydroxylation is 1. The first-order valence-corrected chi connectivity index (χ1v) is 9.22. The number of pyridine rings is 1. The van der Waals surface area contributed by atoms with Gasteiger partial charge in [0, 0.05) is 30.6 Å². The number of rotatable bonds is 4. The average Bonchev–Trinajstić information content (AvgIpc) is 2.98. The van der Waals surface area contributed by atoms with Crippen molar-refractivity contribution in [2.45, 2.75) is 60.9 Å². The zero-order valence-electron chi connectivity index (χ0n) is 16.4. The number of H-pyrrole nitrogens is 1. The molecule has 3 heterocycles. The average molecular weight is 341 g/mol. The number of hydrogen-bond acceptors (Lipinski definition) is 2. The molecule has 0 fully saturated rings. The van der Waals surface area contributed by atoms with E-state index in [4.69, 9.17) is 4.74 Å². The normalized spacial score (nSPS) is 16.9. The zero-order valence-corrected chi connectivity index (χ0v) is 16.4. The van der Waals surface area contributed by atoms with E-state index in [1.54, 1.807) is 0 Å². The second-order valence-corrected chi connectivity index (χ2v) is 7.56. The van der Waals surface area contributed by atoms with Gasteiger partial charge in [-0.1, -0.05) is 13.8 Å². The monoisotopic (exact) mass is 341 g/mol. The number of carbonyl (C=O) groups excluding carboxylic acids is 1. The quantitative estimate of drug-likeness (QED) is 0.657. The van der Waals surface area contributed by atoms with Gasteiger partial charge >= 0.3 is 5.97 Å². The highest BCUT2D eigenvalue weighted by Crippen LogP contribution is 2.35. The SMILES string of the molecule is CCOC(=O)c1[nH]c2cc3[n+](c(CC(C)C)c2c1C)C(C)C(C)=C3C. The van der Waals surface area contributed by atoms with E-state index in [0.29, 0.717) is 24.3 Å². The highest BCUT2D eigenvalue weighted by Gasteiger charge is 2.37. The number of fused-ring (bicyclic) bond motifs is 2. The summed E-state index contributed by atoms with van der Waals surface area (Å²) in [7, 11) is 0. The molecule has 134 valence electrons. The third-order valence-electron chi connectivity index (χ3n) is 5.47. The van der Waals surface area contributed by atoms with Gasteiger partial charge in [0.05, 0.1) is 17.5 Å². The Bertz CT molecular complexity index is 887. The maximum atomic E-state index is 12.3. The number of esters is 1. The second kappa shape index (κ2) is 6.32. The number of carbonyl (C=O) groups is 1. The van der Waals surface area contributed by atoms with Gasteiger partial charge in [0.1, 0.15) is 5.69 Å². The molecule has 0 spiro atoms. The fourth-order valence-corrected chi connectivity index (χ4v) is 4.00. The molecule has 2 aromatic rings. The fraction of sp³-hybridized carbons (Fsp3) is 0.524. The molecular weight excluding hydrogens is 312 g/mol. The van der Waals surface area contributed by atoms with Crippen LogP contribution in [0.2, 0.25) is 0 Å². The summed E-state index contributed by atoms with van der Waals surface area (Å²) in [5.41, 5.74) is 7.93. The van der Waals surface area contributed by atoms with E-state index in [0.717, 1.165) is 17.5 Å². The predicted octanol–water partition coefficient (Wildman–Crippen LogP) is 4.51. The molecular formula is C21H29N2O2+. The lowest BCUT2D eigenvalue weighted by Crippen LogP contribution is -2.43. The molecule has 25 heavy (non-hydrogen) atoms. The number of nitrogens with one attached hydrogen (secondary N) is 1. The zero-order chi connectivity index (χ0) is 18.5. The Morgan fingerprint density at radius 1 is 1.32 bits per heavy atom. The van der Waals surface area contributed by atoms with Crippen molar-refractivity contribution in [3.8, 4) is 0 Å². The van der Waals surface area contributed by atoms with Gasteiger partial charge in [0.25, 0.3) is 0 Å². The first kappa shape index (κ1) is 17.7. The van der Waals surface area contributed by atoms with Gasteiger partial charge in [-0.25, -0.2) is 4.79 Å². The summed E-state index contributed by atoms with van der Waals surface area (Å²) >= 11 is 0. The minimum atomic E-state index is -0.270. The first-order valence-electron chi connectivity index (χ1n) is 9.22. The Kier molecular flexibility index (Phi) is 4.48. The molecule has 2 aromatic heterocycles. The smallest absolute Gasteiger partial charge is 0.355 e. The van der Waals surface area contributed by atoms with Crippen LogP contribution in [0.1, 0.15) is 75.0 Å². The van der Waals surface area contributed by atoms with Crippen molar-refractivity contribution in [2.75, 3.05) is 6.61 Å². The van der Waals surface area contributed by atoms with Crippen molar-refractivity contribution in [1.29, 1.82) is 0 Å². The van der Waals surface area contributed by atoms with E-state index in [2.05, 4.69) is 50.2 Å². The Labute approximate surface area is 149 Å². The molecule has 1 aliphatic heterocycles. The largest absolute Gasteiger partial charge is 0.461 e. The number of aromatic amines is 1. The van der Waals surface area contributed by atoms with Crippen molar-refractivity contribution >= 4 is 22.4 Å². The molecule has 0 amide bonds. The topological polar surface area (TPSA) is 46.0 Å². The van der Waals surface area contributed by atoms with Crippen molar-refractivity contribution in [3.63, 3.8) is 0 Å². The van der Waals surface area contributed by atoms with Crippen molar-refractivity contribution < 1.29 is 14.1 Å². The summed E-state index contributed by atoms with van der Waals surface area (Å²) in [5.74, 6) is 0.268. The lowest BCUT2D eigenvalue weighted by Gasteiger charge is -2.12. The molecule has 0 aromatic carbocycles. The third-order valence-corrected chi connectivity index (χ3v) is 5.47. The summed E-state index contributed by atoms with van der Waals surface area (Å²) < 4.78 is 7.69. The summed E-state index contributed by atoms with van der Waals surface area (Å²) in [5, 5.41) is 1.18. The molecule has 0 aliphatic carbocycles. The molecule has 1 atom stereocenters. The fourth-order valence-electron chi connectivity index (χ4n) is 4.00.